The van der Waals surface area contributed by atoms with Crippen LogP contribution in [0.1, 0.15) is 40.9 Å². The number of anilines is 2. The van der Waals surface area contributed by atoms with Crippen LogP contribution in [0.4, 0.5) is 24.7 Å². The van der Waals surface area contributed by atoms with E-state index in [1.165, 1.54) is 13.0 Å². The maximum atomic E-state index is 13.7. The summed E-state index contributed by atoms with van der Waals surface area (Å²) in [4.78, 5) is 9.29. The third-order valence-electron chi connectivity index (χ3n) is 7.95. The Morgan fingerprint density at radius 2 is 1.89 bits per heavy atom. The first kappa shape index (κ1) is 24.4. The molecule has 6 rings (SSSR count). The molecule has 0 radical (unpaired) electrons. The molecule has 0 saturated carbocycles. The highest BCUT2D eigenvalue weighted by molar-refractivity contribution is 5.69. The van der Waals surface area contributed by atoms with Crippen molar-refractivity contribution in [1.29, 1.82) is 0 Å². The van der Waals surface area contributed by atoms with Crippen LogP contribution in [0.2, 0.25) is 0 Å². The molecular formula is C26H31F3N6O2. The highest BCUT2D eigenvalue weighted by Crippen LogP contribution is 2.37. The molecule has 1 atom stereocenters. The number of alkyl halides is 3. The fourth-order valence-electron chi connectivity index (χ4n) is 5.72. The number of likely N-dealkylation sites (tertiary alicyclic amines) is 1. The Morgan fingerprint density at radius 1 is 1.11 bits per heavy atom. The number of ether oxygens (including phenoxy) is 2. The van der Waals surface area contributed by atoms with Crippen LogP contribution in [0, 0.1) is 6.92 Å². The number of rotatable bonds is 5. The number of halogens is 3. The fourth-order valence-corrected chi connectivity index (χ4v) is 5.72. The van der Waals surface area contributed by atoms with Gasteiger partial charge in [-0.15, -0.1) is 5.10 Å². The van der Waals surface area contributed by atoms with Gasteiger partial charge in [-0.25, -0.2) is 9.50 Å². The van der Waals surface area contributed by atoms with Gasteiger partial charge in [0.05, 0.1) is 48.1 Å². The van der Waals surface area contributed by atoms with Crippen molar-refractivity contribution in [2.45, 2.75) is 44.5 Å². The van der Waals surface area contributed by atoms with E-state index in [4.69, 9.17) is 25.3 Å². The number of nitrogen functional groups attached to an aromatic ring is 1. The average molecular weight is 517 g/mol. The average Bonchev–Trinajstić information content (AvgIpc) is 3.43. The second-order valence-corrected chi connectivity index (χ2v) is 10.3. The molecule has 3 aromatic rings. The number of fused-ring (bicyclic) bond motifs is 1. The van der Waals surface area contributed by atoms with Gasteiger partial charge in [0, 0.05) is 51.6 Å². The zero-order chi connectivity index (χ0) is 25.8. The molecule has 3 fully saturated rings. The summed E-state index contributed by atoms with van der Waals surface area (Å²) < 4.78 is 54.0. The van der Waals surface area contributed by atoms with E-state index in [0.717, 1.165) is 50.0 Å². The Labute approximate surface area is 213 Å². The summed E-state index contributed by atoms with van der Waals surface area (Å²) in [6, 6.07) is 6.16. The lowest BCUT2D eigenvalue weighted by Gasteiger charge is -2.38. The van der Waals surface area contributed by atoms with Crippen LogP contribution in [0.3, 0.4) is 0 Å². The summed E-state index contributed by atoms with van der Waals surface area (Å²) in [5.41, 5.74) is 9.16. The van der Waals surface area contributed by atoms with Gasteiger partial charge in [0.2, 0.25) is 0 Å². The van der Waals surface area contributed by atoms with E-state index in [1.807, 2.05) is 6.07 Å². The minimum atomic E-state index is -4.42. The first-order valence-electron chi connectivity index (χ1n) is 12.7. The van der Waals surface area contributed by atoms with Crippen molar-refractivity contribution in [3.8, 4) is 0 Å². The number of nitrogens with two attached hydrogens (primary N) is 1. The van der Waals surface area contributed by atoms with E-state index in [1.54, 1.807) is 10.6 Å². The van der Waals surface area contributed by atoms with Gasteiger partial charge in [-0.3, -0.25) is 4.90 Å². The number of nitrogens with zero attached hydrogens (tertiary/aromatic N) is 5. The van der Waals surface area contributed by atoms with Crippen molar-refractivity contribution in [3.63, 3.8) is 0 Å². The van der Waals surface area contributed by atoms with Crippen molar-refractivity contribution in [2.75, 3.05) is 56.6 Å². The molecule has 1 spiro atoms. The van der Waals surface area contributed by atoms with Crippen molar-refractivity contribution in [2.24, 2.45) is 0 Å². The molecule has 37 heavy (non-hydrogen) atoms. The lowest BCUT2D eigenvalue weighted by atomic mass is 9.94. The van der Waals surface area contributed by atoms with Gasteiger partial charge >= 0.3 is 6.18 Å². The Kier molecular flexibility index (Phi) is 6.04. The van der Waals surface area contributed by atoms with Crippen molar-refractivity contribution < 1.29 is 22.6 Å². The summed E-state index contributed by atoms with van der Waals surface area (Å²) >= 11 is 0. The molecule has 198 valence electrons. The first-order chi connectivity index (χ1) is 17.7. The van der Waals surface area contributed by atoms with Gasteiger partial charge in [0.15, 0.2) is 11.5 Å². The van der Waals surface area contributed by atoms with Gasteiger partial charge in [-0.1, -0.05) is 12.1 Å². The first-order valence-corrected chi connectivity index (χ1v) is 12.7. The number of hydrogen-bond donors (Lipinski definition) is 1. The van der Waals surface area contributed by atoms with Crippen molar-refractivity contribution in [3.05, 3.63) is 52.3 Å². The van der Waals surface area contributed by atoms with E-state index in [2.05, 4.69) is 9.80 Å². The van der Waals surface area contributed by atoms with Crippen LogP contribution in [-0.4, -0.2) is 71.1 Å². The van der Waals surface area contributed by atoms with Gasteiger partial charge in [-0.05, 0) is 30.5 Å². The fraction of sp³-hybridized carbons (Fsp3) is 0.538. The summed E-state index contributed by atoms with van der Waals surface area (Å²) in [6.45, 7) is 7.19. The molecule has 0 bridgehead atoms. The molecule has 8 nitrogen and oxygen atoms in total. The predicted molar refractivity (Wildman–Crippen MR) is 133 cm³/mol. The Morgan fingerprint density at radius 3 is 2.57 bits per heavy atom. The maximum absolute atomic E-state index is 13.7. The van der Waals surface area contributed by atoms with Crippen LogP contribution in [0.5, 0.6) is 0 Å². The molecule has 2 aromatic heterocycles. The number of imidazole rings is 1. The number of hydrogen-bond acceptors (Lipinski definition) is 7. The predicted octanol–water partition coefficient (Wildman–Crippen LogP) is 3.43. The molecule has 3 saturated heterocycles. The van der Waals surface area contributed by atoms with E-state index in [-0.39, 0.29) is 17.6 Å². The molecule has 3 aliphatic rings. The number of morpholine rings is 1. The zero-order valence-electron chi connectivity index (χ0n) is 20.9. The Balaban J connectivity index is 1.41. The molecule has 2 N–H and O–H groups in total. The lowest BCUT2D eigenvalue weighted by molar-refractivity contribution is -0.138. The largest absolute Gasteiger partial charge is 0.416 e. The van der Waals surface area contributed by atoms with Crippen LogP contribution in [0.25, 0.3) is 5.65 Å². The highest BCUT2D eigenvalue weighted by Gasteiger charge is 2.44. The molecule has 0 amide bonds. The second kappa shape index (κ2) is 9.14. The number of benzene rings is 1. The normalized spacial score (nSPS) is 22.8. The smallest absolute Gasteiger partial charge is 0.396 e. The van der Waals surface area contributed by atoms with E-state index < -0.39 is 11.7 Å². The molecule has 1 unspecified atom stereocenters. The van der Waals surface area contributed by atoms with E-state index in [9.17, 15) is 13.2 Å². The highest BCUT2D eigenvalue weighted by atomic mass is 19.4. The van der Waals surface area contributed by atoms with E-state index in [0.29, 0.717) is 55.6 Å². The van der Waals surface area contributed by atoms with Gasteiger partial charge in [-0.2, -0.15) is 13.2 Å². The quantitative estimate of drug-likeness (QED) is 0.557. The molecular weight excluding hydrogens is 485 g/mol. The van der Waals surface area contributed by atoms with E-state index >= 15 is 0 Å². The Hall–Kier alpha value is -2.89. The van der Waals surface area contributed by atoms with Crippen molar-refractivity contribution >= 4 is 17.2 Å². The van der Waals surface area contributed by atoms with Gasteiger partial charge in [0.1, 0.15) is 0 Å². The zero-order valence-corrected chi connectivity index (χ0v) is 20.9. The molecule has 5 heterocycles. The molecule has 11 heteroatoms. The third-order valence-corrected chi connectivity index (χ3v) is 7.95. The van der Waals surface area contributed by atoms with Crippen LogP contribution < -0.4 is 10.6 Å². The van der Waals surface area contributed by atoms with Crippen molar-refractivity contribution in [1.82, 2.24) is 19.5 Å². The summed E-state index contributed by atoms with van der Waals surface area (Å²) in [6.07, 6.45) is -2.12. The maximum Gasteiger partial charge on any atom is 0.416 e. The summed E-state index contributed by atoms with van der Waals surface area (Å²) in [5, 5.41) is 4.89. The number of aromatic nitrogens is 3. The van der Waals surface area contributed by atoms with Gasteiger partial charge < -0.3 is 20.1 Å². The minimum absolute atomic E-state index is 0.0578. The van der Waals surface area contributed by atoms with Crippen LogP contribution in [-0.2, 0) is 28.6 Å². The second-order valence-electron chi connectivity index (χ2n) is 10.3. The monoisotopic (exact) mass is 516 g/mol. The molecule has 1 aromatic carbocycles. The molecule has 0 aliphatic carbocycles. The topological polar surface area (TPSA) is 81.1 Å². The molecule has 3 aliphatic heterocycles. The van der Waals surface area contributed by atoms with Crippen LogP contribution in [0.15, 0.2) is 24.3 Å². The van der Waals surface area contributed by atoms with Crippen LogP contribution >= 0.6 is 0 Å². The van der Waals surface area contributed by atoms with Gasteiger partial charge in [0.25, 0.3) is 0 Å². The standard InChI is InChI=1S/C26H31F3N6O2/c1-17-18(3-2-4-19(17)26(27,28)29)13-22-21(15-33-7-5-25(16-33)6-10-37-25)31-24-20(30)14-23(32-35(22)24)34-8-11-36-12-9-34/h2-4,14H,5-13,15-16,30H2,1H3. The summed E-state index contributed by atoms with van der Waals surface area (Å²) in [7, 11) is 0. The summed E-state index contributed by atoms with van der Waals surface area (Å²) in [5.74, 6) is 0.710. The third kappa shape index (κ3) is 4.53. The lowest BCUT2D eigenvalue weighted by Crippen LogP contribution is -2.45. The Bertz CT molecular complexity index is 1310. The SMILES string of the molecule is Cc1c(Cc2c(CN3CCC4(CCO4)C3)nc3c(N)cc(N4CCOCC4)nn23)cccc1C(F)(F)F. The minimum Gasteiger partial charge on any atom is -0.396 e.